The second-order valence-electron chi connectivity index (χ2n) is 6.46. The summed E-state index contributed by atoms with van der Waals surface area (Å²) in [5, 5.41) is 3.74. The van der Waals surface area contributed by atoms with Gasteiger partial charge in [-0.3, -0.25) is 4.90 Å². The molecule has 0 radical (unpaired) electrons. The van der Waals surface area contributed by atoms with Gasteiger partial charge >= 0.3 is 0 Å². The SMILES string of the molecule is CC1(C)CC1N1CCCNC(C2CC2)C1. The zero-order valence-electron chi connectivity index (χ0n) is 10.1. The molecule has 2 nitrogen and oxygen atoms in total. The summed E-state index contributed by atoms with van der Waals surface area (Å²) in [5.74, 6) is 1.01. The summed E-state index contributed by atoms with van der Waals surface area (Å²) in [7, 11) is 0. The van der Waals surface area contributed by atoms with E-state index in [1.165, 1.54) is 45.3 Å². The molecule has 3 aliphatic rings. The van der Waals surface area contributed by atoms with Crippen LogP contribution in [-0.4, -0.2) is 36.6 Å². The summed E-state index contributed by atoms with van der Waals surface area (Å²) in [6.07, 6.45) is 5.71. The summed E-state index contributed by atoms with van der Waals surface area (Å²) < 4.78 is 0. The van der Waals surface area contributed by atoms with Crippen LogP contribution >= 0.6 is 0 Å². The molecule has 3 fully saturated rings. The van der Waals surface area contributed by atoms with Crippen LogP contribution in [-0.2, 0) is 0 Å². The molecule has 2 aliphatic carbocycles. The van der Waals surface area contributed by atoms with Crippen LogP contribution in [0, 0.1) is 11.3 Å². The molecule has 2 atom stereocenters. The van der Waals surface area contributed by atoms with Gasteiger partial charge in [-0.05, 0) is 50.1 Å². The zero-order valence-corrected chi connectivity index (χ0v) is 10.1. The molecule has 0 bridgehead atoms. The largest absolute Gasteiger partial charge is 0.312 e. The van der Waals surface area contributed by atoms with Crippen LogP contribution in [0.3, 0.4) is 0 Å². The van der Waals surface area contributed by atoms with Crippen molar-refractivity contribution in [1.29, 1.82) is 0 Å². The first kappa shape index (κ1) is 10.1. The third-order valence-electron chi connectivity index (χ3n) is 4.55. The van der Waals surface area contributed by atoms with Crippen LogP contribution in [0.1, 0.15) is 39.5 Å². The van der Waals surface area contributed by atoms with Crippen LogP contribution in [0.2, 0.25) is 0 Å². The lowest BCUT2D eigenvalue weighted by Crippen LogP contribution is -2.41. The highest BCUT2D eigenvalue weighted by Crippen LogP contribution is 2.49. The van der Waals surface area contributed by atoms with E-state index < -0.39 is 0 Å². The van der Waals surface area contributed by atoms with Crippen molar-refractivity contribution in [3.63, 3.8) is 0 Å². The van der Waals surface area contributed by atoms with Gasteiger partial charge in [-0.25, -0.2) is 0 Å². The van der Waals surface area contributed by atoms with E-state index >= 15 is 0 Å². The first-order valence-electron chi connectivity index (χ1n) is 6.64. The van der Waals surface area contributed by atoms with Crippen LogP contribution in [0.15, 0.2) is 0 Å². The normalized spacial score (nSPS) is 41.2. The molecule has 1 saturated heterocycles. The van der Waals surface area contributed by atoms with Crippen LogP contribution < -0.4 is 5.32 Å². The molecule has 0 aromatic carbocycles. The Morgan fingerprint density at radius 3 is 2.60 bits per heavy atom. The summed E-state index contributed by atoms with van der Waals surface area (Å²) >= 11 is 0. The number of rotatable bonds is 2. The Bertz CT molecular complexity index is 245. The maximum Gasteiger partial charge on any atom is 0.0223 e. The molecule has 15 heavy (non-hydrogen) atoms. The van der Waals surface area contributed by atoms with Crippen LogP contribution in [0.5, 0.6) is 0 Å². The second-order valence-corrected chi connectivity index (χ2v) is 6.46. The van der Waals surface area contributed by atoms with Gasteiger partial charge in [0.25, 0.3) is 0 Å². The Hall–Kier alpha value is -0.0800. The van der Waals surface area contributed by atoms with E-state index in [0.717, 1.165) is 18.0 Å². The predicted molar refractivity (Wildman–Crippen MR) is 62.9 cm³/mol. The summed E-state index contributed by atoms with van der Waals surface area (Å²) in [6.45, 7) is 8.72. The smallest absolute Gasteiger partial charge is 0.0223 e. The quantitative estimate of drug-likeness (QED) is 0.745. The molecule has 0 aromatic heterocycles. The Labute approximate surface area is 93.4 Å². The Balaban J connectivity index is 1.62. The van der Waals surface area contributed by atoms with Crippen molar-refractivity contribution in [3.05, 3.63) is 0 Å². The standard InChI is InChI=1S/C13H24N2/c1-13(2)8-12(13)15-7-3-6-14-11(9-15)10-4-5-10/h10-12,14H,3-9H2,1-2H3. The second kappa shape index (κ2) is 3.46. The fraction of sp³-hybridized carbons (Fsp3) is 1.00. The van der Waals surface area contributed by atoms with Gasteiger partial charge in [0, 0.05) is 18.6 Å². The first-order chi connectivity index (χ1) is 7.17. The highest BCUT2D eigenvalue weighted by Gasteiger charge is 2.50. The summed E-state index contributed by atoms with van der Waals surface area (Å²) in [5.41, 5.74) is 0.610. The van der Waals surface area contributed by atoms with Crippen molar-refractivity contribution in [2.24, 2.45) is 11.3 Å². The van der Waals surface area contributed by atoms with Gasteiger partial charge in [-0.15, -0.1) is 0 Å². The van der Waals surface area contributed by atoms with E-state index in [1.807, 2.05) is 0 Å². The third kappa shape index (κ3) is 2.07. The molecule has 3 rings (SSSR count). The minimum absolute atomic E-state index is 0.610. The molecular weight excluding hydrogens is 184 g/mol. The molecule has 1 heterocycles. The Morgan fingerprint density at radius 2 is 2.00 bits per heavy atom. The van der Waals surface area contributed by atoms with Crippen molar-refractivity contribution < 1.29 is 0 Å². The fourth-order valence-electron chi connectivity index (χ4n) is 3.14. The van der Waals surface area contributed by atoms with Crippen molar-refractivity contribution in [3.8, 4) is 0 Å². The number of hydrogen-bond donors (Lipinski definition) is 1. The molecule has 86 valence electrons. The van der Waals surface area contributed by atoms with Gasteiger partial charge in [0.15, 0.2) is 0 Å². The van der Waals surface area contributed by atoms with Gasteiger partial charge in [-0.2, -0.15) is 0 Å². The highest BCUT2D eigenvalue weighted by molar-refractivity contribution is 5.04. The van der Waals surface area contributed by atoms with E-state index in [1.54, 1.807) is 0 Å². The molecule has 2 unspecified atom stereocenters. The summed E-state index contributed by atoms with van der Waals surface area (Å²) in [6, 6.07) is 1.70. The number of nitrogens with zero attached hydrogens (tertiary/aromatic N) is 1. The molecule has 2 saturated carbocycles. The molecular formula is C13H24N2. The first-order valence-corrected chi connectivity index (χ1v) is 6.64. The molecule has 2 heteroatoms. The lowest BCUT2D eigenvalue weighted by atomic mass is 10.1. The lowest BCUT2D eigenvalue weighted by molar-refractivity contribution is 0.224. The molecule has 0 aromatic rings. The van der Waals surface area contributed by atoms with Gasteiger partial charge in [0.2, 0.25) is 0 Å². The van der Waals surface area contributed by atoms with Gasteiger partial charge < -0.3 is 5.32 Å². The van der Waals surface area contributed by atoms with E-state index in [4.69, 9.17) is 0 Å². The van der Waals surface area contributed by atoms with E-state index in [2.05, 4.69) is 24.1 Å². The topological polar surface area (TPSA) is 15.3 Å². The molecule has 0 amide bonds. The third-order valence-corrected chi connectivity index (χ3v) is 4.55. The van der Waals surface area contributed by atoms with Crippen molar-refractivity contribution >= 4 is 0 Å². The molecule has 1 aliphatic heterocycles. The van der Waals surface area contributed by atoms with Crippen molar-refractivity contribution in [2.45, 2.75) is 51.6 Å². The van der Waals surface area contributed by atoms with Crippen molar-refractivity contribution in [2.75, 3.05) is 19.6 Å². The zero-order chi connectivity index (χ0) is 10.5. The van der Waals surface area contributed by atoms with Gasteiger partial charge in [0.1, 0.15) is 0 Å². The van der Waals surface area contributed by atoms with Crippen LogP contribution in [0.25, 0.3) is 0 Å². The predicted octanol–water partition coefficient (Wildman–Crippen LogP) is 1.86. The number of nitrogens with one attached hydrogen (secondary N) is 1. The maximum absolute atomic E-state index is 3.74. The highest BCUT2D eigenvalue weighted by atomic mass is 15.2. The number of hydrogen-bond acceptors (Lipinski definition) is 2. The maximum atomic E-state index is 3.74. The van der Waals surface area contributed by atoms with Gasteiger partial charge in [-0.1, -0.05) is 13.8 Å². The Morgan fingerprint density at radius 1 is 1.27 bits per heavy atom. The van der Waals surface area contributed by atoms with Crippen molar-refractivity contribution in [1.82, 2.24) is 10.2 Å². The van der Waals surface area contributed by atoms with Crippen LogP contribution in [0.4, 0.5) is 0 Å². The van der Waals surface area contributed by atoms with E-state index in [-0.39, 0.29) is 0 Å². The monoisotopic (exact) mass is 208 g/mol. The minimum atomic E-state index is 0.610. The van der Waals surface area contributed by atoms with Gasteiger partial charge in [0.05, 0.1) is 0 Å². The molecule has 1 N–H and O–H groups in total. The average Bonchev–Trinajstić information content (AvgIpc) is 2.99. The average molecular weight is 208 g/mol. The lowest BCUT2D eigenvalue weighted by Gasteiger charge is -2.25. The fourth-order valence-corrected chi connectivity index (χ4v) is 3.14. The molecule has 0 spiro atoms. The Kier molecular flexibility index (Phi) is 2.33. The van der Waals surface area contributed by atoms with E-state index in [0.29, 0.717) is 5.41 Å². The summed E-state index contributed by atoms with van der Waals surface area (Å²) in [4.78, 5) is 2.77. The van der Waals surface area contributed by atoms with E-state index in [9.17, 15) is 0 Å². The minimum Gasteiger partial charge on any atom is -0.312 e.